The smallest absolute Gasteiger partial charge is 0.0707 e. The number of fused-ring (bicyclic) bond motifs is 2. The topological polar surface area (TPSA) is 24.5 Å². The maximum atomic E-state index is 5.97. The molecule has 2 rings (SSSR count). The minimum absolute atomic E-state index is 0.264. The molecule has 0 aromatic heterocycles. The zero-order valence-corrected chi connectivity index (χ0v) is 12.5. The Morgan fingerprint density at radius 3 is 2.39 bits per heavy atom. The first kappa shape index (κ1) is 14.3. The van der Waals surface area contributed by atoms with Gasteiger partial charge in [-0.3, -0.25) is 4.90 Å². The van der Waals surface area contributed by atoms with Crippen LogP contribution in [0.25, 0.3) is 0 Å². The van der Waals surface area contributed by atoms with Crippen molar-refractivity contribution < 1.29 is 4.74 Å². The van der Waals surface area contributed by atoms with E-state index in [0.29, 0.717) is 18.2 Å². The summed E-state index contributed by atoms with van der Waals surface area (Å²) >= 11 is 0. The monoisotopic (exact) mass is 254 g/mol. The Balaban J connectivity index is 2.01. The summed E-state index contributed by atoms with van der Waals surface area (Å²) in [5, 5.41) is 3.69. The average Bonchev–Trinajstić information content (AvgIpc) is 2.73. The standard InChI is InChI=1S/C15H30N2O/c1-5-9-16-12(3)15(4,6-2)17-10-13-7-8-14(11-17)18-13/h12-14,16H,5-11H2,1-4H3. The highest BCUT2D eigenvalue weighted by molar-refractivity contribution is 4.99. The van der Waals surface area contributed by atoms with Crippen LogP contribution in [0.1, 0.15) is 53.4 Å². The molecule has 3 nitrogen and oxygen atoms in total. The molecule has 4 atom stereocenters. The highest BCUT2D eigenvalue weighted by Gasteiger charge is 2.43. The fourth-order valence-corrected chi connectivity index (χ4v) is 3.42. The van der Waals surface area contributed by atoms with Crippen LogP contribution in [0.3, 0.4) is 0 Å². The highest BCUT2D eigenvalue weighted by Crippen LogP contribution is 2.33. The van der Waals surface area contributed by atoms with Crippen LogP contribution in [0, 0.1) is 0 Å². The van der Waals surface area contributed by atoms with Gasteiger partial charge in [-0.15, -0.1) is 0 Å². The first-order valence-corrected chi connectivity index (χ1v) is 7.74. The lowest BCUT2D eigenvalue weighted by Gasteiger charge is -2.48. The Kier molecular flexibility index (Phi) is 4.68. The summed E-state index contributed by atoms with van der Waals surface area (Å²) in [6.07, 6.45) is 5.92. The van der Waals surface area contributed by atoms with Crippen molar-refractivity contribution >= 4 is 0 Å². The van der Waals surface area contributed by atoms with Crippen LogP contribution in [0.15, 0.2) is 0 Å². The lowest BCUT2D eigenvalue weighted by Crippen LogP contribution is -2.62. The fraction of sp³-hybridized carbons (Fsp3) is 1.00. The molecule has 3 heteroatoms. The molecule has 106 valence electrons. The second-order valence-electron chi connectivity index (χ2n) is 6.25. The van der Waals surface area contributed by atoms with E-state index < -0.39 is 0 Å². The normalized spacial score (nSPS) is 33.3. The van der Waals surface area contributed by atoms with Gasteiger partial charge in [-0.05, 0) is 46.1 Å². The zero-order chi connectivity index (χ0) is 13.2. The van der Waals surface area contributed by atoms with Gasteiger partial charge in [0.15, 0.2) is 0 Å². The van der Waals surface area contributed by atoms with Crippen LogP contribution in [0.2, 0.25) is 0 Å². The number of nitrogens with zero attached hydrogens (tertiary/aromatic N) is 1. The summed E-state index contributed by atoms with van der Waals surface area (Å²) in [6.45, 7) is 12.7. The molecule has 1 N–H and O–H groups in total. The van der Waals surface area contributed by atoms with Crippen molar-refractivity contribution in [1.82, 2.24) is 10.2 Å². The molecule has 2 aliphatic heterocycles. The van der Waals surface area contributed by atoms with Gasteiger partial charge in [0.05, 0.1) is 12.2 Å². The maximum Gasteiger partial charge on any atom is 0.0707 e. The van der Waals surface area contributed by atoms with Crippen molar-refractivity contribution in [3.63, 3.8) is 0 Å². The minimum atomic E-state index is 0.264. The molecule has 0 saturated carbocycles. The third-order valence-corrected chi connectivity index (χ3v) is 5.12. The molecular weight excluding hydrogens is 224 g/mol. The molecule has 0 spiro atoms. The Bertz CT molecular complexity index is 259. The SMILES string of the molecule is CCCNC(C)C(C)(CC)N1CC2CCC(C1)O2. The van der Waals surface area contributed by atoms with E-state index in [0.717, 1.165) is 19.6 Å². The van der Waals surface area contributed by atoms with Gasteiger partial charge in [0.25, 0.3) is 0 Å². The summed E-state index contributed by atoms with van der Waals surface area (Å²) in [7, 11) is 0. The molecule has 0 aromatic carbocycles. The van der Waals surface area contributed by atoms with E-state index in [4.69, 9.17) is 4.74 Å². The highest BCUT2D eigenvalue weighted by atomic mass is 16.5. The molecule has 0 radical (unpaired) electrons. The maximum absolute atomic E-state index is 5.97. The largest absolute Gasteiger partial charge is 0.372 e. The molecule has 2 heterocycles. The molecule has 2 fully saturated rings. The summed E-state index contributed by atoms with van der Waals surface area (Å²) in [5.41, 5.74) is 0.264. The fourth-order valence-electron chi connectivity index (χ4n) is 3.42. The minimum Gasteiger partial charge on any atom is -0.372 e. The van der Waals surface area contributed by atoms with Gasteiger partial charge < -0.3 is 10.1 Å². The molecule has 18 heavy (non-hydrogen) atoms. The van der Waals surface area contributed by atoms with E-state index in [-0.39, 0.29) is 5.54 Å². The van der Waals surface area contributed by atoms with E-state index in [9.17, 15) is 0 Å². The molecule has 0 amide bonds. The first-order valence-electron chi connectivity index (χ1n) is 7.74. The lowest BCUT2D eigenvalue weighted by molar-refractivity contribution is -0.0829. The molecule has 2 saturated heterocycles. The summed E-state index contributed by atoms with van der Waals surface area (Å²) in [4.78, 5) is 2.69. The second-order valence-corrected chi connectivity index (χ2v) is 6.25. The average molecular weight is 254 g/mol. The van der Waals surface area contributed by atoms with Crippen molar-refractivity contribution in [2.75, 3.05) is 19.6 Å². The number of hydrogen-bond donors (Lipinski definition) is 1. The third kappa shape index (κ3) is 2.73. The van der Waals surface area contributed by atoms with Gasteiger partial charge in [0.2, 0.25) is 0 Å². The second kappa shape index (κ2) is 5.89. The van der Waals surface area contributed by atoms with Crippen molar-refractivity contribution in [1.29, 1.82) is 0 Å². The van der Waals surface area contributed by atoms with Crippen molar-refractivity contribution in [3.05, 3.63) is 0 Å². The number of rotatable bonds is 6. The van der Waals surface area contributed by atoms with Crippen LogP contribution < -0.4 is 5.32 Å². The van der Waals surface area contributed by atoms with Gasteiger partial charge in [-0.2, -0.15) is 0 Å². The molecule has 0 aliphatic carbocycles. The van der Waals surface area contributed by atoms with Crippen molar-refractivity contribution in [3.8, 4) is 0 Å². The molecule has 4 unspecified atom stereocenters. The Morgan fingerprint density at radius 1 is 1.28 bits per heavy atom. The van der Waals surface area contributed by atoms with Crippen molar-refractivity contribution in [2.24, 2.45) is 0 Å². The predicted octanol–water partition coefficient (Wildman–Crippen LogP) is 2.41. The van der Waals surface area contributed by atoms with Gasteiger partial charge in [-0.1, -0.05) is 13.8 Å². The zero-order valence-electron chi connectivity index (χ0n) is 12.5. The van der Waals surface area contributed by atoms with Gasteiger partial charge >= 0.3 is 0 Å². The molecule has 2 aliphatic rings. The predicted molar refractivity (Wildman–Crippen MR) is 75.9 cm³/mol. The van der Waals surface area contributed by atoms with Crippen LogP contribution in [-0.2, 0) is 4.74 Å². The number of ether oxygens (including phenoxy) is 1. The number of likely N-dealkylation sites (tertiary alicyclic amines) is 1. The molecule has 0 aromatic rings. The molecule has 2 bridgehead atoms. The van der Waals surface area contributed by atoms with Crippen LogP contribution in [-0.4, -0.2) is 48.3 Å². The van der Waals surface area contributed by atoms with Crippen molar-refractivity contribution in [2.45, 2.75) is 77.2 Å². The van der Waals surface area contributed by atoms with E-state index in [1.54, 1.807) is 0 Å². The summed E-state index contributed by atoms with van der Waals surface area (Å²) in [6, 6.07) is 0.542. The van der Waals surface area contributed by atoms with E-state index in [2.05, 4.69) is 37.9 Å². The number of hydrogen-bond acceptors (Lipinski definition) is 3. The summed E-state index contributed by atoms with van der Waals surface area (Å²) < 4.78 is 5.97. The van der Waals surface area contributed by atoms with E-state index in [1.165, 1.54) is 25.7 Å². The first-order chi connectivity index (χ1) is 8.60. The van der Waals surface area contributed by atoms with Crippen LogP contribution in [0.4, 0.5) is 0 Å². The Labute approximate surface area is 112 Å². The molecular formula is C15H30N2O. The quantitative estimate of drug-likeness (QED) is 0.788. The van der Waals surface area contributed by atoms with E-state index >= 15 is 0 Å². The summed E-state index contributed by atoms with van der Waals surface area (Å²) in [5.74, 6) is 0. The van der Waals surface area contributed by atoms with Crippen LogP contribution >= 0.6 is 0 Å². The number of morpholine rings is 1. The van der Waals surface area contributed by atoms with Crippen LogP contribution in [0.5, 0.6) is 0 Å². The number of nitrogens with one attached hydrogen (secondary N) is 1. The van der Waals surface area contributed by atoms with Gasteiger partial charge in [0, 0.05) is 24.7 Å². The Morgan fingerprint density at radius 2 is 1.89 bits per heavy atom. The third-order valence-electron chi connectivity index (χ3n) is 5.12. The van der Waals surface area contributed by atoms with E-state index in [1.807, 2.05) is 0 Å². The lowest BCUT2D eigenvalue weighted by atomic mass is 9.87. The Hall–Kier alpha value is -0.120. The van der Waals surface area contributed by atoms with Gasteiger partial charge in [-0.25, -0.2) is 0 Å². The van der Waals surface area contributed by atoms with Gasteiger partial charge in [0.1, 0.15) is 0 Å².